The van der Waals surface area contributed by atoms with Gasteiger partial charge in [-0.3, -0.25) is 9.69 Å². The van der Waals surface area contributed by atoms with Crippen molar-refractivity contribution in [3.8, 4) is 5.75 Å². The van der Waals surface area contributed by atoms with Gasteiger partial charge in [0.2, 0.25) is 0 Å². The molecule has 5 nitrogen and oxygen atoms in total. The summed E-state index contributed by atoms with van der Waals surface area (Å²) in [5, 5.41) is 5.35. The fourth-order valence-corrected chi connectivity index (χ4v) is 5.17. The molecule has 1 aliphatic heterocycles. The molecule has 4 rings (SSSR count). The maximum absolute atomic E-state index is 12.9. The molecule has 162 valence electrons. The smallest absolute Gasteiger partial charge is 0.251 e. The molecule has 1 aromatic heterocycles. The number of methoxy groups -OCH3 is 1. The summed E-state index contributed by atoms with van der Waals surface area (Å²) in [6.45, 7) is 5.98. The van der Waals surface area contributed by atoms with E-state index >= 15 is 0 Å². The minimum absolute atomic E-state index is 0.0171. The van der Waals surface area contributed by atoms with Crippen LogP contribution in [-0.4, -0.2) is 50.1 Å². The summed E-state index contributed by atoms with van der Waals surface area (Å²) >= 11 is 1.75. The average Bonchev–Trinajstić information content (AvgIpc) is 3.34. The Morgan fingerprint density at radius 3 is 2.29 bits per heavy atom. The molecule has 3 aromatic rings. The summed E-state index contributed by atoms with van der Waals surface area (Å²) in [4.78, 5) is 19.1. The first-order valence-corrected chi connectivity index (χ1v) is 11.6. The number of benzene rings is 2. The minimum atomic E-state index is -0.0559. The molecule has 0 saturated carbocycles. The van der Waals surface area contributed by atoms with Crippen LogP contribution in [0.25, 0.3) is 0 Å². The Bertz CT molecular complexity index is 952. The molecule has 1 aliphatic rings. The molecule has 2 atom stereocenters. The van der Waals surface area contributed by atoms with Crippen molar-refractivity contribution in [2.24, 2.45) is 0 Å². The monoisotopic (exact) mass is 435 g/mol. The largest absolute Gasteiger partial charge is 0.497 e. The van der Waals surface area contributed by atoms with E-state index in [9.17, 15) is 4.79 Å². The van der Waals surface area contributed by atoms with Gasteiger partial charge in [0.25, 0.3) is 5.91 Å². The maximum atomic E-state index is 12.9. The first-order chi connectivity index (χ1) is 15.2. The first kappa shape index (κ1) is 21.4. The highest BCUT2D eigenvalue weighted by Gasteiger charge is 2.31. The minimum Gasteiger partial charge on any atom is -0.497 e. The Labute approximate surface area is 188 Å². The van der Waals surface area contributed by atoms with Gasteiger partial charge in [0.05, 0.1) is 13.2 Å². The SMILES string of the molecule is COc1ccc(C(=O)N[C@@H](C)[C@@H](c2cccs2)N2CCN(c3ccccc3)CC2)cc1. The first-order valence-electron chi connectivity index (χ1n) is 10.7. The quantitative estimate of drug-likeness (QED) is 0.596. The molecule has 31 heavy (non-hydrogen) atoms. The predicted molar refractivity (Wildman–Crippen MR) is 127 cm³/mol. The van der Waals surface area contributed by atoms with E-state index in [2.05, 4.69) is 69.9 Å². The highest BCUT2D eigenvalue weighted by atomic mass is 32.1. The molecular formula is C25H29N3O2S. The lowest BCUT2D eigenvalue weighted by Crippen LogP contribution is -2.52. The number of ether oxygens (including phenoxy) is 1. The van der Waals surface area contributed by atoms with Crippen LogP contribution in [0, 0.1) is 0 Å². The number of para-hydroxylation sites is 1. The highest BCUT2D eigenvalue weighted by Crippen LogP contribution is 2.30. The lowest BCUT2D eigenvalue weighted by atomic mass is 10.0. The number of piperazine rings is 1. The normalized spacial score (nSPS) is 16.5. The van der Waals surface area contributed by atoms with E-state index in [1.165, 1.54) is 10.6 Å². The molecule has 6 heteroatoms. The third-order valence-corrected chi connectivity index (χ3v) is 6.79. The lowest BCUT2D eigenvalue weighted by Gasteiger charge is -2.42. The van der Waals surface area contributed by atoms with E-state index in [1.807, 2.05) is 12.1 Å². The Morgan fingerprint density at radius 2 is 1.68 bits per heavy atom. The van der Waals surface area contributed by atoms with Crippen LogP contribution in [-0.2, 0) is 0 Å². The molecule has 2 heterocycles. The van der Waals surface area contributed by atoms with Gasteiger partial charge in [0.1, 0.15) is 5.75 Å². The number of nitrogens with one attached hydrogen (secondary N) is 1. The second-order valence-electron chi connectivity index (χ2n) is 7.81. The Balaban J connectivity index is 1.45. The van der Waals surface area contributed by atoms with E-state index in [1.54, 1.807) is 30.6 Å². The summed E-state index contributed by atoms with van der Waals surface area (Å²) in [5.41, 5.74) is 1.92. The van der Waals surface area contributed by atoms with Gasteiger partial charge in [-0.2, -0.15) is 0 Å². The Morgan fingerprint density at radius 1 is 0.968 bits per heavy atom. The number of carbonyl (C=O) groups is 1. The number of hydrogen-bond acceptors (Lipinski definition) is 5. The van der Waals surface area contributed by atoms with Gasteiger partial charge in [-0.1, -0.05) is 24.3 Å². The number of thiophene rings is 1. The van der Waals surface area contributed by atoms with Crippen LogP contribution in [0.2, 0.25) is 0 Å². The van der Waals surface area contributed by atoms with Gasteiger partial charge < -0.3 is 15.0 Å². The second kappa shape index (κ2) is 9.98. The van der Waals surface area contributed by atoms with Crippen LogP contribution in [0.5, 0.6) is 5.75 Å². The molecule has 1 saturated heterocycles. The van der Waals surface area contributed by atoms with Gasteiger partial charge >= 0.3 is 0 Å². The van der Waals surface area contributed by atoms with Crippen molar-refractivity contribution < 1.29 is 9.53 Å². The zero-order chi connectivity index (χ0) is 21.6. The molecule has 0 unspecified atom stereocenters. The summed E-state index contributed by atoms with van der Waals surface area (Å²) in [6, 6.07) is 22.2. The van der Waals surface area contributed by atoms with Gasteiger partial charge in [-0.25, -0.2) is 0 Å². The molecule has 1 amide bonds. The van der Waals surface area contributed by atoms with Crippen LogP contribution in [0.15, 0.2) is 72.1 Å². The molecule has 1 N–H and O–H groups in total. The third-order valence-electron chi connectivity index (χ3n) is 5.85. The summed E-state index contributed by atoms with van der Waals surface area (Å²) in [6.07, 6.45) is 0. The van der Waals surface area contributed by atoms with Crippen molar-refractivity contribution in [2.75, 3.05) is 38.2 Å². The van der Waals surface area contributed by atoms with Crippen molar-refractivity contribution in [1.82, 2.24) is 10.2 Å². The summed E-state index contributed by atoms with van der Waals surface area (Å²) in [7, 11) is 1.63. The zero-order valence-electron chi connectivity index (χ0n) is 18.0. The van der Waals surface area contributed by atoms with Gasteiger partial charge in [-0.05, 0) is 54.8 Å². The number of amides is 1. The Kier molecular flexibility index (Phi) is 6.89. The van der Waals surface area contributed by atoms with Crippen molar-refractivity contribution >= 4 is 22.9 Å². The van der Waals surface area contributed by atoms with Crippen molar-refractivity contribution in [3.05, 3.63) is 82.6 Å². The van der Waals surface area contributed by atoms with Gasteiger partial charge in [-0.15, -0.1) is 11.3 Å². The van der Waals surface area contributed by atoms with Crippen LogP contribution in [0.4, 0.5) is 5.69 Å². The van der Waals surface area contributed by atoms with E-state index in [0.717, 1.165) is 31.9 Å². The lowest BCUT2D eigenvalue weighted by molar-refractivity contribution is 0.0890. The molecule has 2 aromatic carbocycles. The molecule has 0 bridgehead atoms. The van der Waals surface area contributed by atoms with E-state index in [0.29, 0.717) is 5.56 Å². The van der Waals surface area contributed by atoms with Crippen LogP contribution >= 0.6 is 11.3 Å². The zero-order valence-corrected chi connectivity index (χ0v) is 18.8. The van der Waals surface area contributed by atoms with Crippen LogP contribution in [0.1, 0.15) is 28.2 Å². The van der Waals surface area contributed by atoms with Crippen molar-refractivity contribution in [2.45, 2.75) is 19.0 Å². The van der Waals surface area contributed by atoms with Gasteiger partial charge in [0, 0.05) is 48.3 Å². The van der Waals surface area contributed by atoms with E-state index in [4.69, 9.17) is 4.74 Å². The summed E-state index contributed by atoms with van der Waals surface area (Å²) < 4.78 is 5.20. The van der Waals surface area contributed by atoms with Gasteiger partial charge in [0.15, 0.2) is 0 Å². The number of hydrogen-bond donors (Lipinski definition) is 1. The topological polar surface area (TPSA) is 44.8 Å². The average molecular weight is 436 g/mol. The van der Waals surface area contributed by atoms with E-state index in [-0.39, 0.29) is 18.0 Å². The van der Waals surface area contributed by atoms with Crippen molar-refractivity contribution in [3.63, 3.8) is 0 Å². The standard InChI is InChI=1S/C25H29N3O2S/c1-19(26-25(29)20-10-12-22(30-2)13-11-20)24(23-9-6-18-31-23)28-16-14-27(15-17-28)21-7-4-3-5-8-21/h3-13,18-19,24H,14-17H2,1-2H3,(H,26,29)/t19-,24-/m0/s1. The number of nitrogens with zero attached hydrogens (tertiary/aromatic N) is 2. The molecule has 0 radical (unpaired) electrons. The highest BCUT2D eigenvalue weighted by molar-refractivity contribution is 7.10. The molecule has 0 spiro atoms. The fraction of sp³-hybridized carbons (Fsp3) is 0.320. The molecule has 0 aliphatic carbocycles. The predicted octanol–water partition coefficient (Wildman–Crippen LogP) is 4.44. The Hall–Kier alpha value is -2.83. The van der Waals surface area contributed by atoms with E-state index < -0.39 is 0 Å². The van der Waals surface area contributed by atoms with Crippen LogP contribution < -0.4 is 15.0 Å². The fourth-order valence-electron chi connectivity index (χ4n) is 4.21. The van der Waals surface area contributed by atoms with Crippen molar-refractivity contribution in [1.29, 1.82) is 0 Å². The number of carbonyl (C=O) groups excluding carboxylic acids is 1. The van der Waals surface area contributed by atoms with Crippen LogP contribution in [0.3, 0.4) is 0 Å². The molecular weight excluding hydrogens is 406 g/mol. The maximum Gasteiger partial charge on any atom is 0.251 e. The summed E-state index contributed by atoms with van der Waals surface area (Å²) in [5.74, 6) is 0.692. The molecule has 1 fully saturated rings. The second-order valence-corrected chi connectivity index (χ2v) is 8.79. The number of rotatable bonds is 7. The number of anilines is 1. The third kappa shape index (κ3) is 5.09.